The quantitative estimate of drug-likeness (QED) is 0.751. The van der Waals surface area contributed by atoms with E-state index in [0.717, 1.165) is 32.7 Å². The van der Waals surface area contributed by atoms with Crippen LogP contribution in [0.3, 0.4) is 0 Å². The number of rotatable bonds is 4. The van der Waals surface area contributed by atoms with Gasteiger partial charge in [-0.2, -0.15) is 0 Å². The number of ether oxygens (including phenoxy) is 1. The lowest BCUT2D eigenvalue weighted by Crippen LogP contribution is -2.54. The van der Waals surface area contributed by atoms with Crippen molar-refractivity contribution in [2.24, 2.45) is 11.8 Å². The van der Waals surface area contributed by atoms with Gasteiger partial charge >= 0.3 is 5.97 Å². The molecule has 0 aromatic heterocycles. The second kappa shape index (κ2) is 4.49. The van der Waals surface area contributed by atoms with Crippen LogP contribution < -0.4 is 0 Å². The van der Waals surface area contributed by atoms with Crippen LogP contribution in [0.15, 0.2) is 0 Å². The number of carboxylic acids is 1. The Morgan fingerprint density at radius 2 is 2.33 bits per heavy atom. The molecule has 2 atom stereocenters. The molecule has 0 radical (unpaired) electrons. The van der Waals surface area contributed by atoms with Crippen LogP contribution in [0.5, 0.6) is 0 Å². The summed E-state index contributed by atoms with van der Waals surface area (Å²) >= 11 is 0. The fraction of sp³-hybridized carbons (Fsp3) is 0.909. The average Bonchev–Trinajstić information content (AvgIpc) is 2.61. The van der Waals surface area contributed by atoms with E-state index in [-0.39, 0.29) is 0 Å². The highest BCUT2D eigenvalue weighted by atomic mass is 16.5. The number of aliphatic carboxylic acids is 1. The van der Waals surface area contributed by atoms with E-state index in [0.29, 0.717) is 24.3 Å². The van der Waals surface area contributed by atoms with Crippen LogP contribution in [0.2, 0.25) is 0 Å². The molecule has 2 unspecified atom stereocenters. The first-order chi connectivity index (χ1) is 7.16. The summed E-state index contributed by atoms with van der Waals surface area (Å²) in [5.41, 5.74) is 0. The number of carboxylic acid groups (broad SMARTS) is 1. The molecule has 0 saturated carbocycles. The Morgan fingerprint density at radius 1 is 1.60 bits per heavy atom. The lowest BCUT2D eigenvalue weighted by atomic mass is 9.90. The zero-order chi connectivity index (χ0) is 10.8. The Morgan fingerprint density at radius 3 is 2.87 bits per heavy atom. The standard InChI is InChI=1S/C11H19NO3/c1-8(10-2-3-15-7-10)12-5-9(6-12)4-11(13)14/h8-10H,2-7H2,1H3,(H,13,14). The molecule has 0 amide bonds. The van der Waals surface area contributed by atoms with Crippen molar-refractivity contribution in [3.05, 3.63) is 0 Å². The first-order valence-corrected chi connectivity index (χ1v) is 5.70. The molecule has 1 N–H and O–H groups in total. The van der Waals surface area contributed by atoms with E-state index < -0.39 is 5.97 Å². The Bertz CT molecular complexity index is 232. The third kappa shape index (κ3) is 2.49. The van der Waals surface area contributed by atoms with Crippen molar-refractivity contribution in [1.82, 2.24) is 4.90 Å². The van der Waals surface area contributed by atoms with Crippen LogP contribution in [0.25, 0.3) is 0 Å². The monoisotopic (exact) mass is 213 g/mol. The highest BCUT2D eigenvalue weighted by molar-refractivity contribution is 5.67. The zero-order valence-corrected chi connectivity index (χ0v) is 9.19. The molecule has 0 aromatic carbocycles. The summed E-state index contributed by atoms with van der Waals surface area (Å²) in [6.07, 6.45) is 1.48. The van der Waals surface area contributed by atoms with Crippen molar-refractivity contribution in [3.8, 4) is 0 Å². The largest absolute Gasteiger partial charge is 0.481 e. The molecule has 4 nitrogen and oxygen atoms in total. The number of hydrogen-bond acceptors (Lipinski definition) is 3. The van der Waals surface area contributed by atoms with Crippen LogP contribution in [-0.2, 0) is 9.53 Å². The summed E-state index contributed by atoms with van der Waals surface area (Å²) in [7, 11) is 0. The Hall–Kier alpha value is -0.610. The van der Waals surface area contributed by atoms with Crippen molar-refractivity contribution in [1.29, 1.82) is 0 Å². The van der Waals surface area contributed by atoms with Gasteiger partial charge in [0.1, 0.15) is 0 Å². The van der Waals surface area contributed by atoms with Crippen LogP contribution in [0.1, 0.15) is 19.8 Å². The summed E-state index contributed by atoms with van der Waals surface area (Å²) in [6, 6.07) is 0.553. The third-order valence-corrected chi connectivity index (χ3v) is 3.67. The van der Waals surface area contributed by atoms with Gasteiger partial charge in [-0.1, -0.05) is 0 Å². The molecule has 0 bridgehead atoms. The minimum Gasteiger partial charge on any atom is -0.481 e. The maximum absolute atomic E-state index is 10.5. The van der Waals surface area contributed by atoms with Gasteiger partial charge in [0.2, 0.25) is 0 Å². The van der Waals surface area contributed by atoms with Crippen molar-refractivity contribution in [2.75, 3.05) is 26.3 Å². The Labute approximate surface area is 90.2 Å². The first kappa shape index (κ1) is 10.9. The zero-order valence-electron chi connectivity index (χ0n) is 9.19. The summed E-state index contributed by atoms with van der Waals surface area (Å²) in [6.45, 7) is 5.90. The summed E-state index contributed by atoms with van der Waals surface area (Å²) in [5, 5.41) is 8.65. The number of hydrogen-bond donors (Lipinski definition) is 1. The Balaban J connectivity index is 1.71. The predicted molar refractivity (Wildman–Crippen MR) is 55.7 cm³/mol. The molecule has 2 heterocycles. The molecule has 2 saturated heterocycles. The number of likely N-dealkylation sites (tertiary alicyclic amines) is 1. The van der Waals surface area contributed by atoms with Gasteiger partial charge in [0.15, 0.2) is 0 Å². The van der Waals surface area contributed by atoms with Crippen molar-refractivity contribution < 1.29 is 14.6 Å². The van der Waals surface area contributed by atoms with Gasteiger partial charge < -0.3 is 9.84 Å². The molecule has 0 aliphatic carbocycles. The molecule has 2 fully saturated rings. The molecule has 2 aliphatic heterocycles. The highest BCUT2D eigenvalue weighted by Crippen LogP contribution is 2.28. The van der Waals surface area contributed by atoms with Gasteiger partial charge in [-0.3, -0.25) is 9.69 Å². The maximum Gasteiger partial charge on any atom is 0.303 e. The van der Waals surface area contributed by atoms with Gasteiger partial charge in [-0.25, -0.2) is 0 Å². The molecule has 2 aliphatic rings. The fourth-order valence-corrected chi connectivity index (χ4v) is 2.55. The number of carbonyl (C=O) groups is 1. The normalized spacial score (nSPS) is 30.1. The average molecular weight is 213 g/mol. The first-order valence-electron chi connectivity index (χ1n) is 5.70. The molecular formula is C11H19NO3. The minimum absolute atomic E-state index is 0.324. The van der Waals surface area contributed by atoms with Gasteiger partial charge in [-0.05, 0) is 25.2 Å². The van der Waals surface area contributed by atoms with Gasteiger partial charge in [0, 0.05) is 25.7 Å². The SMILES string of the molecule is CC(C1CCOC1)N1CC(CC(=O)O)C1. The van der Waals surface area contributed by atoms with Crippen molar-refractivity contribution >= 4 is 5.97 Å². The van der Waals surface area contributed by atoms with E-state index in [1.807, 2.05) is 0 Å². The topological polar surface area (TPSA) is 49.8 Å². The highest BCUT2D eigenvalue weighted by Gasteiger charge is 2.35. The van der Waals surface area contributed by atoms with E-state index in [1.54, 1.807) is 0 Å². The molecule has 0 aromatic rings. The molecule has 2 rings (SSSR count). The van der Waals surface area contributed by atoms with E-state index >= 15 is 0 Å². The van der Waals surface area contributed by atoms with Crippen LogP contribution in [-0.4, -0.2) is 48.3 Å². The van der Waals surface area contributed by atoms with E-state index in [9.17, 15) is 4.79 Å². The maximum atomic E-state index is 10.5. The van der Waals surface area contributed by atoms with E-state index in [4.69, 9.17) is 9.84 Å². The second-order valence-electron chi connectivity index (χ2n) is 4.78. The van der Waals surface area contributed by atoms with Crippen LogP contribution >= 0.6 is 0 Å². The van der Waals surface area contributed by atoms with E-state index in [1.165, 1.54) is 0 Å². The predicted octanol–water partition coefficient (Wildman–Crippen LogP) is 0.818. The molecular weight excluding hydrogens is 194 g/mol. The molecule has 86 valence electrons. The summed E-state index contributed by atoms with van der Waals surface area (Å²) in [5.74, 6) is 0.347. The summed E-state index contributed by atoms with van der Waals surface area (Å²) in [4.78, 5) is 12.9. The lowest BCUT2D eigenvalue weighted by Gasteiger charge is -2.44. The molecule has 15 heavy (non-hydrogen) atoms. The van der Waals surface area contributed by atoms with Crippen molar-refractivity contribution in [2.45, 2.75) is 25.8 Å². The lowest BCUT2D eigenvalue weighted by molar-refractivity contribution is -0.140. The smallest absolute Gasteiger partial charge is 0.303 e. The van der Waals surface area contributed by atoms with Gasteiger partial charge in [0.25, 0.3) is 0 Å². The van der Waals surface area contributed by atoms with Crippen LogP contribution in [0, 0.1) is 11.8 Å². The number of nitrogens with zero attached hydrogens (tertiary/aromatic N) is 1. The molecule has 4 heteroatoms. The van der Waals surface area contributed by atoms with Crippen LogP contribution in [0.4, 0.5) is 0 Å². The molecule has 0 spiro atoms. The minimum atomic E-state index is -0.670. The van der Waals surface area contributed by atoms with Gasteiger partial charge in [0.05, 0.1) is 13.0 Å². The fourth-order valence-electron chi connectivity index (χ4n) is 2.55. The second-order valence-corrected chi connectivity index (χ2v) is 4.78. The summed E-state index contributed by atoms with van der Waals surface area (Å²) < 4.78 is 5.37. The van der Waals surface area contributed by atoms with Gasteiger partial charge in [-0.15, -0.1) is 0 Å². The van der Waals surface area contributed by atoms with E-state index in [2.05, 4.69) is 11.8 Å². The Kier molecular flexibility index (Phi) is 3.26. The third-order valence-electron chi connectivity index (χ3n) is 3.67. The van der Waals surface area contributed by atoms with Crippen molar-refractivity contribution in [3.63, 3.8) is 0 Å².